The van der Waals surface area contributed by atoms with E-state index in [1.165, 1.54) is 11.1 Å². The topological polar surface area (TPSA) is 32.3 Å². The van der Waals surface area contributed by atoms with Gasteiger partial charge in [0.2, 0.25) is 5.91 Å². The van der Waals surface area contributed by atoms with Crippen molar-refractivity contribution in [3.05, 3.63) is 29.3 Å². The lowest BCUT2D eigenvalue weighted by molar-refractivity contribution is -0.118. The fraction of sp³-hybridized carbons (Fsp3) is 0.500. The number of hydrogen-bond donors (Lipinski definition) is 1. The van der Waals surface area contributed by atoms with Crippen LogP contribution in [-0.4, -0.2) is 25.5 Å². The van der Waals surface area contributed by atoms with Crippen molar-refractivity contribution in [3.63, 3.8) is 0 Å². The average Bonchev–Trinajstić information content (AvgIpc) is 2.29. The predicted molar refractivity (Wildman–Crippen MR) is 70.4 cm³/mol. The van der Waals surface area contributed by atoms with Crippen molar-refractivity contribution in [3.8, 4) is 0 Å². The van der Waals surface area contributed by atoms with Crippen LogP contribution in [0.2, 0.25) is 0 Å². The Morgan fingerprint density at radius 3 is 2.88 bits per heavy atom. The highest BCUT2D eigenvalue weighted by molar-refractivity contribution is 5.94. The lowest BCUT2D eigenvalue weighted by Gasteiger charge is -2.27. The second kappa shape index (κ2) is 5.32. The minimum Gasteiger partial charge on any atom is -0.316 e. The molecule has 0 saturated carbocycles. The Bertz CT molecular complexity index is 415. The summed E-state index contributed by atoms with van der Waals surface area (Å²) in [5, 5.41) is 3.27. The normalized spacial score (nSPS) is 17.8. The molecule has 0 unspecified atom stereocenters. The first kappa shape index (κ1) is 12.1. The fourth-order valence-corrected chi connectivity index (χ4v) is 2.22. The van der Waals surface area contributed by atoms with Gasteiger partial charge in [-0.1, -0.05) is 12.1 Å². The molecule has 0 spiro atoms. The van der Waals surface area contributed by atoms with Crippen LogP contribution in [0.1, 0.15) is 24.0 Å². The maximum Gasteiger partial charge on any atom is 0.228 e. The summed E-state index contributed by atoms with van der Waals surface area (Å²) in [4.78, 5) is 14.1. The van der Waals surface area contributed by atoms with Gasteiger partial charge in [0, 0.05) is 25.2 Å². The van der Waals surface area contributed by atoms with Crippen LogP contribution in [0.15, 0.2) is 18.2 Å². The van der Waals surface area contributed by atoms with Crippen LogP contribution >= 0.6 is 0 Å². The average molecular weight is 232 g/mol. The number of carbonyl (C=O) groups excluding carboxylic acids is 1. The van der Waals surface area contributed by atoms with E-state index in [0.717, 1.165) is 31.7 Å². The third-order valence-electron chi connectivity index (χ3n) is 3.42. The van der Waals surface area contributed by atoms with Crippen molar-refractivity contribution < 1.29 is 4.79 Å². The Hall–Kier alpha value is -1.35. The van der Waals surface area contributed by atoms with Crippen LogP contribution in [0.5, 0.6) is 0 Å². The number of carbonyl (C=O) groups is 1. The largest absolute Gasteiger partial charge is 0.316 e. The minimum atomic E-state index is 0.228. The highest BCUT2D eigenvalue weighted by Gasteiger charge is 2.18. The van der Waals surface area contributed by atoms with Crippen molar-refractivity contribution >= 4 is 11.6 Å². The SMILES string of the molecule is Cc1cccc(N2CCCNCCC2=O)c1C. The molecule has 0 aromatic heterocycles. The van der Waals surface area contributed by atoms with Gasteiger partial charge >= 0.3 is 0 Å². The van der Waals surface area contributed by atoms with Crippen LogP contribution in [-0.2, 0) is 4.79 Å². The van der Waals surface area contributed by atoms with E-state index < -0.39 is 0 Å². The molecule has 1 heterocycles. The molecule has 3 heteroatoms. The number of benzene rings is 1. The number of nitrogens with one attached hydrogen (secondary N) is 1. The maximum absolute atomic E-state index is 12.1. The molecule has 1 aromatic rings. The molecule has 0 aliphatic carbocycles. The highest BCUT2D eigenvalue weighted by atomic mass is 16.2. The molecule has 0 atom stereocenters. The molecule has 1 aliphatic rings. The Kier molecular flexibility index (Phi) is 3.79. The lowest BCUT2D eigenvalue weighted by Crippen LogP contribution is -2.38. The zero-order valence-corrected chi connectivity index (χ0v) is 10.6. The number of nitrogens with zero attached hydrogens (tertiary/aromatic N) is 1. The first-order chi connectivity index (χ1) is 8.20. The van der Waals surface area contributed by atoms with Crippen LogP contribution < -0.4 is 10.2 Å². The summed E-state index contributed by atoms with van der Waals surface area (Å²) >= 11 is 0. The zero-order chi connectivity index (χ0) is 12.3. The van der Waals surface area contributed by atoms with Crippen LogP contribution in [0.3, 0.4) is 0 Å². The van der Waals surface area contributed by atoms with Crippen molar-refractivity contribution in [2.45, 2.75) is 26.7 Å². The van der Waals surface area contributed by atoms with Gasteiger partial charge < -0.3 is 10.2 Å². The summed E-state index contributed by atoms with van der Waals surface area (Å²) in [7, 11) is 0. The van der Waals surface area contributed by atoms with Gasteiger partial charge in [-0.2, -0.15) is 0 Å². The van der Waals surface area contributed by atoms with E-state index in [-0.39, 0.29) is 5.91 Å². The molecule has 2 rings (SSSR count). The van der Waals surface area contributed by atoms with Crippen LogP contribution in [0, 0.1) is 13.8 Å². The predicted octanol–water partition coefficient (Wildman–Crippen LogP) is 2.02. The first-order valence-corrected chi connectivity index (χ1v) is 6.27. The molecule has 1 amide bonds. The molecule has 0 bridgehead atoms. The highest BCUT2D eigenvalue weighted by Crippen LogP contribution is 2.23. The maximum atomic E-state index is 12.1. The van der Waals surface area contributed by atoms with E-state index in [2.05, 4.69) is 31.3 Å². The number of anilines is 1. The summed E-state index contributed by atoms with van der Waals surface area (Å²) in [5.74, 6) is 0.228. The summed E-state index contributed by atoms with van der Waals surface area (Å²) in [5.41, 5.74) is 3.54. The number of amides is 1. The summed E-state index contributed by atoms with van der Waals surface area (Å²) in [6.07, 6.45) is 1.60. The molecule has 0 radical (unpaired) electrons. The molecule has 1 saturated heterocycles. The molecule has 1 aromatic carbocycles. The van der Waals surface area contributed by atoms with Gasteiger partial charge in [0.15, 0.2) is 0 Å². The third kappa shape index (κ3) is 2.67. The second-order valence-electron chi connectivity index (χ2n) is 4.62. The van der Waals surface area contributed by atoms with Gasteiger partial charge in [-0.25, -0.2) is 0 Å². The van der Waals surface area contributed by atoms with Gasteiger partial charge in [0.25, 0.3) is 0 Å². The monoisotopic (exact) mass is 232 g/mol. The molecular formula is C14H20N2O. The van der Waals surface area contributed by atoms with Crippen molar-refractivity contribution in [1.29, 1.82) is 0 Å². The van der Waals surface area contributed by atoms with E-state index in [0.29, 0.717) is 6.42 Å². The third-order valence-corrected chi connectivity index (χ3v) is 3.42. The molecule has 3 nitrogen and oxygen atoms in total. The standard InChI is InChI=1S/C14H20N2O/c1-11-5-3-6-13(12(11)2)16-10-4-8-15-9-7-14(16)17/h3,5-6,15H,4,7-10H2,1-2H3. The molecular weight excluding hydrogens is 212 g/mol. The summed E-state index contributed by atoms with van der Waals surface area (Å²) in [6, 6.07) is 6.17. The van der Waals surface area contributed by atoms with Gasteiger partial charge in [0.1, 0.15) is 0 Å². The molecule has 1 fully saturated rings. The molecule has 1 aliphatic heterocycles. The van der Waals surface area contributed by atoms with E-state index >= 15 is 0 Å². The van der Waals surface area contributed by atoms with E-state index in [1.54, 1.807) is 0 Å². The van der Waals surface area contributed by atoms with E-state index in [4.69, 9.17) is 0 Å². The van der Waals surface area contributed by atoms with Crippen LogP contribution in [0.4, 0.5) is 5.69 Å². The first-order valence-electron chi connectivity index (χ1n) is 6.27. The summed E-state index contributed by atoms with van der Waals surface area (Å²) in [6.45, 7) is 6.79. The van der Waals surface area contributed by atoms with Gasteiger partial charge in [-0.15, -0.1) is 0 Å². The van der Waals surface area contributed by atoms with Gasteiger partial charge in [-0.3, -0.25) is 4.79 Å². The summed E-state index contributed by atoms with van der Waals surface area (Å²) < 4.78 is 0. The minimum absolute atomic E-state index is 0.228. The number of aryl methyl sites for hydroxylation is 1. The van der Waals surface area contributed by atoms with Crippen molar-refractivity contribution in [2.24, 2.45) is 0 Å². The smallest absolute Gasteiger partial charge is 0.228 e. The molecule has 1 N–H and O–H groups in total. The second-order valence-corrected chi connectivity index (χ2v) is 4.62. The fourth-order valence-electron chi connectivity index (χ4n) is 2.22. The Morgan fingerprint density at radius 2 is 2.06 bits per heavy atom. The quantitative estimate of drug-likeness (QED) is 0.803. The van der Waals surface area contributed by atoms with Crippen LogP contribution in [0.25, 0.3) is 0 Å². The lowest BCUT2D eigenvalue weighted by atomic mass is 10.1. The van der Waals surface area contributed by atoms with Crippen molar-refractivity contribution in [1.82, 2.24) is 5.32 Å². The Morgan fingerprint density at radius 1 is 1.24 bits per heavy atom. The van der Waals surface area contributed by atoms with Crippen molar-refractivity contribution in [2.75, 3.05) is 24.5 Å². The zero-order valence-electron chi connectivity index (χ0n) is 10.6. The van der Waals surface area contributed by atoms with Gasteiger partial charge in [0.05, 0.1) is 0 Å². The number of hydrogen-bond acceptors (Lipinski definition) is 2. The Balaban J connectivity index is 2.29. The number of rotatable bonds is 1. The van der Waals surface area contributed by atoms with E-state index in [9.17, 15) is 4.79 Å². The molecule has 92 valence electrons. The van der Waals surface area contributed by atoms with E-state index in [1.807, 2.05) is 11.0 Å². The molecule has 17 heavy (non-hydrogen) atoms. The van der Waals surface area contributed by atoms with Gasteiger partial charge in [-0.05, 0) is 44.0 Å². The Labute approximate surface area is 103 Å².